The number of halogens is 2. The molecule has 84 valence electrons. The summed E-state index contributed by atoms with van der Waals surface area (Å²) < 4.78 is 39.1. The molecule has 1 aromatic rings. The largest absolute Gasteiger partial charge is 0.492 e. The van der Waals surface area contributed by atoms with E-state index in [4.69, 9.17) is 15.4 Å². The van der Waals surface area contributed by atoms with Crippen molar-refractivity contribution in [3.8, 4) is 5.75 Å². The van der Waals surface area contributed by atoms with Gasteiger partial charge < -0.3 is 4.74 Å². The predicted molar refractivity (Wildman–Crippen MR) is 56.3 cm³/mol. The van der Waals surface area contributed by atoms with Crippen LogP contribution in [-0.2, 0) is 9.05 Å². The van der Waals surface area contributed by atoms with E-state index >= 15 is 0 Å². The Morgan fingerprint density at radius 2 is 2.13 bits per heavy atom. The van der Waals surface area contributed by atoms with Crippen molar-refractivity contribution in [1.82, 2.24) is 0 Å². The van der Waals surface area contributed by atoms with Gasteiger partial charge in [-0.05, 0) is 18.6 Å². The predicted octanol–water partition coefficient (Wildman–Crippen LogP) is 2.08. The van der Waals surface area contributed by atoms with Gasteiger partial charge in [0.2, 0.25) is 9.05 Å². The van der Waals surface area contributed by atoms with Gasteiger partial charge in [0, 0.05) is 16.7 Å². The summed E-state index contributed by atoms with van der Waals surface area (Å²) >= 11 is 0. The molecular formula is C9H10ClFO3S. The number of aryl methyl sites for hydroxylation is 1. The lowest BCUT2D eigenvalue weighted by atomic mass is 10.2. The normalized spacial score (nSPS) is 11.4. The molecule has 0 aliphatic rings. The van der Waals surface area contributed by atoms with Crippen LogP contribution >= 0.6 is 10.7 Å². The summed E-state index contributed by atoms with van der Waals surface area (Å²) in [5, 5.41) is 0. The molecule has 0 aliphatic carbocycles. The van der Waals surface area contributed by atoms with Crippen LogP contribution in [0.2, 0.25) is 0 Å². The van der Waals surface area contributed by atoms with Crippen molar-refractivity contribution < 1.29 is 17.5 Å². The van der Waals surface area contributed by atoms with Crippen LogP contribution in [0.1, 0.15) is 5.56 Å². The summed E-state index contributed by atoms with van der Waals surface area (Å²) in [6.45, 7) is 1.54. The molecule has 0 unspecified atom stereocenters. The number of rotatable bonds is 4. The first-order valence-corrected chi connectivity index (χ1v) is 6.67. The highest BCUT2D eigenvalue weighted by Gasteiger charge is 2.06. The van der Waals surface area contributed by atoms with Crippen molar-refractivity contribution in [2.75, 3.05) is 12.4 Å². The van der Waals surface area contributed by atoms with Crippen molar-refractivity contribution in [2.45, 2.75) is 6.92 Å². The number of ether oxygens (including phenoxy) is 1. The fourth-order valence-corrected chi connectivity index (χ4v) is 1.39. The van der Waals surface area contributed by atoms with E-state index in [1.165, 1.54) is 6.07 Å². The zero-order chi connectivity index (χ0) is 11.5. The fraction of sp³-hybridized carbons (Fsp3) is 0.333. The molecule has 1 aromatic carbocycles. The number of hydrogen-bond donors (Lipinski definition) is 0. The zero-order valence-electron chi connectivity index (χ0n) is 8.04. The van der Waals surface area contributed by atoms with Gasteiger partial charge in [-0.2, -0.15) is 0 Å². The molecule has 0 radical (unpaired) electrons. The van der Waals surface area contributed by atoms with Crippen LogP contribution in [0.5, 0.6) is 5.75 Å². The summed E-state index contributed by atoms with van der Waals surface area (Å²) in [4.78, 5) is 0. The van der Waals surface area contributed by atoms with Gasteiger partial charge in [-0.3, -0.25) is 0 Å². The first kappa shape index (κ1) is 12.3. The molecule has 0 atom stereocenters. The van der Waals surface area contributed by atoms with Crippen LogP contribution in [-0.4, -0.2) is 20.8 Å². The average Bonchev–Trinajstić information content (AvgIpc) is 2.09. The minimum atomic E-state index is -3.56. The molecule has 0 aliphatic heterocycles. The molecule has 0 bridgehead atoms. The Bertz CT molecular complexity index is 445. The van der Waals surface area contributed by atoms with Gasteiger partial charge in [-0.1, -0.05) is 6.07 Å². The van der Waals surface area contributed by atoms with Crippen LogP contribution in [0, 0.1) is 12.7 Å². The van der Waals surface area contributed by atoms with Gasteiger partial charge in [0.05, 0.1) is 5.75 Å². The molecule has 3 nitrogen and oxygen atoms in total. The Morgan fingerprint density at radius 1 is 1.47 bits per heavy atom. The number of benzene rings is 1. The van der Waals surface area contributed by atoms with Crippen molar-refractivity contribution in [3.63, 3.8) is 0 Å². The fourth-order valence-electron chi connectivity index (χ4n) is 0.922. The van der Waals surface area contributed by atoms with Crippen LogP contribution in [0.3, 0.4) is 0 Å². The second kappa shape index (κ2) is 4.81. The number of hydrogen-bond acceptors (Lipinski definition) is 3. The van der Waals surface area contributed by atoms with Crippen LogP contribution < -0.4 is 4.74 Å². The first-order valence-electron chi connectivity index (χ1n) is 4.20. The molecule has 0 amide bonds. The Labute approximate surface area is 92.2 Å². The SMILES string of the molecule is Cc1ccc(OCCS(=O)(=O)Cl)cc1F. The summed E-state index contributed by atoms with van der Waals surface area (Å²) in [7, 11) is 1.41. The molecule has 1 rings (SSSR count). The van der Waals surface area contributed by atoms with Gasteiger partial charge in [-0.25, -0.2) is 12.8 Å². The highest BCUT2D eigenvalue weighted by atomic mass is 35.7. The Kier molecular flexibility index (Phi) is 3.93. The van der Waals surface area contributed by atoms with Crippen molar-refractivity contribution in [2.24, 2.45) is 0 Å². The van der Waals surface area contributed by atoms with Crippen LogP contribution in [0.15, 0.2) is 18.2 Å². The van der Waals surface area contributed by atoms with Gasteiger partial charge in [0.15, 0.2) is 0 Å². The van der Waals surface area contributed by atoms with E-state index in [0.29, 0.717) is 11.3 Å². The molecule has 0 aromatic heterocycles. The summed E-state index contributed by atoms with van der Waals surface area (Å²) in [5.74, 6) is -0.399. The van der Waals surface area contributed by atoms with E-state index in [0.717, 1.165) is 0 Å². The van der Waals surface area contributed by atoms with Gasteiger partial charge in [0.25, 0.3) is 0 Å². The Morgan fingerprint density at radius 3 is 2.67 bits per heavy atom. The molecular weight excluding hydrogens is 243 g/mol. The van der Waals surface area contributed by atoms with E-state index in [2.05, 4.69) is 0 Å². The molecule has 0 saturated heterocycles. The lowest BCUT2D eigenvalue weighted by molar-refractivity contribution is 0.339. The third-order valence-corrected chi connectivity index (χ3v) is 2.86. The van der Waals surface area contributed by atoms with Gasteiger partial charge >= 0.3 is 0 Å². The quantitative estimate of drug-likeness (QED) is 0.771. The first-order chi connectivity index (χ1) is 6.88. The molecule has 0 saturated carbocycles. The van der Waals surface area contributed by atoms with Gasteiger partial charge in [-0.15, -0.1) is 0 Å². The monoisotopic (exact) mass is 252 g/mol. The van der Waals surface area contributed by atoms with E-state index in [1.54, 1.807) is 19.1 Å². The topological polar surface area (TPSA) is 43.4 Å². The smallest absolute Gasteiger partial charge is 0.235 e. The van der Waals surface area contributed by atoms with E-state index in [9.17, 15) is 12.8 Å². The minimum Gasteiger partial charge on any atom is -0.492 e. The maximum Gasteiger partial charge on any atom is 0.235 e. The summed E-state index contributed by atoms with van der Waals surface area (Å²) in [6.07, 6.45) is 0. The molecule has 0 heterocycles. The van der Waals surface area contributed by atoms with E-state index in [1.807, 2.05) is 0 Å². The maximum atomic E-state index is 13.0. The molecule has 0 N–H and O–H groups in total. The zero-order valence-corrected chi connectivity index (χ0v) is 9.61. The summed E-state index contributed by atoms with van der Waals surface area (Å²) in [6, 6.07) is 4.33. The minimum absolute atomic E-state index is 0.0890. The van der Waals surface area contributed by atoms with Crippen LogP contribution in [0.4, 0.5) is 4.39 Å². The standard InChI is InChI=1S/C9H10ClFO3S/c1-7-2-3-8(6-9(7)11)14-4-5-15(10,12)13/h2-3,6H,4-5H2,1H3. The van der Waals surface area contributed by atoms with Gasteiger partial charge in [0.1, 0.15) is 18.2 Å². The maximum absolute atomic E-state index is 13.0. The molecule has 15 heavy (non-hydrogen) atoms. The lowest BCUT2D eigenvalue weighted by Crippen LogP contribution is -2.08. The second-order valence-electron chi connectivity index (χ2n) is 3.00. The Balaban J connectivity index is 2.55. The molecule has 6 heteroatoms. The van der Waals surface area contributed by atoms with Crippen molar-refractivity contribution in [1.29, 1.82) is 0 Å². The second-order valence-corrected chi connectivity index (χ2v) is 5.90. The van der Waals surface area contributed by atoms with Crippen molar-refractivity contribution >= 4 is 19.7 Å². The highest BCUT2D eigenvalue weighted by Crippen LogP contribution is 2.15. The molecule has 0 fully saturated rings. The third kappa shape index (κ3) is 4.48. The van der Waals surface area contributed by atoms with E-state index < -0.39 is 9.05 Å². The highest BCUT2D eigenvalue weighted by molar-refractivity contribution is 8.13. The van der Waals surface area contributed by atoms with Crippen LogP contribution in [0.25, 0.3) is 0 Å². The molecule has 0 spiro atoms. The van der Waals surface area contributed by atoms with E-state index in [-0.39, 0.29) is 18.2 Å². The average molecular weight is 253 g/mol. The Hall–Kier alpha value is -0.810. The third-order valence-electron chi connectivity index (χ3n) is 1.74. The lowest BCUT2D eigenvalue weighted by Gasteiger charge is -2.05. The summed E-state index contributed by atoms with van der Waals surface area (Å²) in [5.41, 5.74) is 0.507. The van der Waals surface area contributed by atoms with Crippen molar-refractivity contribution in [3.05, 3.63) is 29.6 Å².